The standard InChI is InChI=1S/C21H32N2O5S/c1-15-7-10-18(11-8-15)29(26,27)23-19-12-9-17(28-20(19)14-24)13-21(25)22-16-5-3-2-4-6-16/h7-8,10-11,16-17,19-20,23-24H,2-6,9,12-14H2,1H3,(H,22,25)/t17-,19-,20+/m0/s1. The SMILES string of the molecule is Cc1ccc(S(=O)(=O)N[C@H]2CC[C@@H](CC(=O)NC3CCCCC3)O[C@@H]2CO)cc1. The van der Waals surface area contributed by atoms with Crippen molar-refractivity contribution < 1.29 is 23.1 Å². The lowest BCUT2D eigenvalue weighted by molar-refractivity contribution is -0.131. The van der Waals surface area contributed by atoms with Gasteiger partial charge in [-0.3, -0.25) is 4.79 Å². The van der Waals surface area contributed by atoms with Crippen molar-refractivity contribution in [3.8, 4) is 0 Å². The van der Waals surface area contributed by atoms with E-state index in [-0.39, 0.29) is 36.0 Å². The van der Waals surface area contributed by atoms with Crippen molar-refractivity contribution in [1.29, 1.82) is 0 Å². The Kier molecular flexibility index (Phi) is 7.67. The van der Waals surface area contributed by atoms with Crippen LogP contribution in [0.5, 0.6) is 0 Å². The van der Waals surface area contributed by atoms with Crippen LogP contribution >= 0.6 is 0 Å². The highest BCUT2D eigenvalue weighted by atomic mass is 32.2. The second kappa shape index (κ2) is 10.0. The lowest BCUT2D eigenvalue weighted by Crippen LogP contribution is -2.51. The van der Waals surface area contributed by atoms with Crippen molar-refractivity contribution in [3.05, 3.63) is 29.8 Å². The number of sulfonamides is 1. The molecule has 0 radical (unpaired) electrons. The number of benzene rings is 1. The van der Waals surface area contributed by atoms with Gasteiger partial charge in [-0.2, -0.15) is 0 Å². The number of hydrogen-bond donors (Lipinski definition) is 3. The molecule has 29 heavy (non-hydrogen) atoms. The Morgan fingerprint density at radius 3 is 2.45 bits per heavy atom. The minimum atomic E-state index is -3.70. The summed E-state index contributed by atoms with van der Waals surface area (Å²) in [6, 6.07) is 6.35. The zero-order valence-corrected chi connectivity index (χ0v) is 17.8. The molecule has 7 nitrogen and oxygen atoms in total. The molecule has 3 rings (SSSR count). The van der Waals surface area contributed by atoms with Crippen LogP contribution < -0.4 is 10.0 Å². The zero-order valence-electron chi connectivity index (χ0n) is 17.0. The molecule has 162 valence electrons. The van der Waals surface area contributed by atoms with Crippen LogP contribution in [-0.2, 0) is 19.6 Å². The maximum absolute atomic E-state index is 12.6. The van der Waals surface area contributed by atoms with Gasteiger partial charge in [0.25, 0.3) is 0 Å². The van der Waals surface area contributed by atoms with Crippen LogP contribution in [0.15, 0.2) is 29.2 Å². The predicted octanol–water partition coefficient (Wildman–Crippen LogP) is 2.02. The van der Waals surface area contributed by atoms with Crippen molar-refractivity contribution in [2.75, 3.05) is 6.61 Å². The Morgan fingerprint density at radius 1 is 1.10 bits per heavy atom. The molecule has 2 fully saturated rings. The van der Waals surface area contributed by atoms with Crippen molar-refractivity contribution in [2.24, 2.45) is 0 Å². The first-order chi connectivity index (χ1) is 13.9. The molecule has 1 saturated heterocycles. The van der Waals surface area contributed by atoms with Gasteiger partial charge >= 0.3 is 0 Å². The van der Waals surface area contributed by atoms with Crippen LogP contribution in [0.1, 0.15) is 56.9 Å². The van der Waals surface area contributed by atoms with Gasteiger partial charge in [-0.25, -0.2) is 13.1 Å². The normalized spacial score (nSPS) is 26.2. The number of ether oxygens (including phenoxy) is 1. The fourth-order valence-electron chi connectivity index (χ4n) is 4.14. The lowest BCUT2D eigenvalue weighted by atomic mass is 9.94. The number of nitrogens with one attached hydrogen (secondary N) is 2. The first kappa shape index (κ1) is 22.2. The summed E-state index contributed by atoms with van der Waals surface area (Å²) in [6.45, 7) is 1.59. The number of hydrogen-bond acceptors (Lipinski definition) is 5. The molecule has 1 amide bonds. The van der Waals surface area contributed by atoms with Crippen LogP contribution in [0.25, 0.3) is 0 Å². The Hall–Kier alpha value is -1.48. The largest absolute Gasteiger partial charge is 0.394 e. The highest BCUT2D eigenvalue weighted by Gasteiger charge is 2.35. The van der Waals surface area contributed by atoms with Crippen LogP contribution in [0, 0.1) is 6.92 Å². The molecule has 0 unspecified atom stereocenters. The monoisotopic (exact) mass is 424 g/mol. The molecule has 1 saturated carbocycles. The second-order valence-corrected chi connectivity index (χ2v) is 9.92. The third-order valence-corrected chi connectivity index (χ3v) is 7.32. The van der Waals surface area contributed by atoms with E-state index in [1.165, 1.54) is 6.42 Å². The van der Waals surface area contributed by atoms with Gasteiger partial charge in [-0.1, -0.05) is 37.0 Å². The molecule has 1 aliphatic carbocycles. The predicted molar refractivity (Wildman–Crippen MR) is 110 cm³/mol. The van der Waals surface area contributed by atoms with Gasteiger partial charge in [0, 0.05) is 6.04 Å². The van der Waals surface area contributed by atoms with Gasteiger partial charge in [0.2, 0.25) is 15.9 Å². The molecule has 1 aromatic rings. The first-order valence-electron chi connectivity index (χ1n) is 10.5. The number of carbonyl (C=O) groups is 1. The smallest absolute Gasteiger partial charge is 0.240 e. The number of amides is 1. The average Bonchev–Trinajstić information content (AvgIpc) is 2.70. The van der Waals surface area contributed by atoms with Gasteiger partial charge in [0.05, 0.1) is 36.2 Å². The van der Waals surface area contributed by atoms with E-state index in [0.29, 0.717) is 12.8 Å². The highest BCUT2D eigenvalue weighted by molar-refractivity contribution is 7.89. The van der Waals surface area contributed by atoms with E-state index in [9.17, 15) is 18.3 Å². The minimum absolute atomic E-state index is 0.0303. The van der Waals surface area contributed by atoms with Gasteiger partial charge in [-0.05, 0) is 44.7 Å². The van der Waals surface area contributed by atoms with Crippen LogP contribution in [-0.4, -0.2) is 50.3 Å². The number of rotatable bonds is 7. The van der Waals surface area contributed by atoms with Crippen molar-refractivity contribution in [3.63, 3.8) is 0 Å². The number of carbonyl (C=O) groups excluding carboxylic acids is 1. The van der Waals surface area contributed by atoms with Crippen LogP contribution in [0.3, 0.4) is 0 Å². The molecule has 0 spiro atoms. The molecule has 1 heterocycles. The molecule has 8 heteroatoms. The summed E-state index contributed by atoms with van der Waals surface area (Å²) in [6.07, 6.45) is 5.93. The third-order valence-electron chi connectivity index (χ3n) is 5.82. The third kappa shape index (κ3) is 6.25. The van der Waals surface area contributed by atoms with Gasteiger partial charge < -0.3 is 15.2 Å². The molecule has 3 atom stereocenters. The molecular weight excluding hydrogens is 392 g/mol. The van der Waals surface area contributed by atoms with Crippen molar-refractivity contribution in [1.82, 2.24) is 10.0 Å². The molecule has 1 aliphatic heterocycles. The zero-order chi connectivity index (χ0) is 20.9. The molecule has 1 aromatic carbocycles. The van der Waals surface area contributed by atoms with Gasteiger partial charge in [0.1, 0.15) is 0 Å². The van der Waals surface area contributed by atoms with Crippen molar-refractivity contribution in [2.45, 2.75) is 87.5 Å². The lowest BCUT2D eigenvalue weighted by Gasteiger charge is -2.36. The van der Waals surface area contributed by atoms with E-state index in [1.54, 1.807) is 24.3 Å². The summed E-state index contributed by atoms with van der Waals surface area (Å²) in [5.74, 6) is -0.0303. The van der Waals surface area contributed by atoms with E-state index in [4.69, 9.17) is 4.74 Å². The molecule has 0 bridgehead atoms. The number of aliphatic hydroxyl groups excluding tert-OH is 1. The van der Waals surface area contributed by atoms with E-state index in [2.05, 4.69) is 10.0 Å². The number of aliphatic hydroxyl groups is 1. The average molecular weight is 425 g/mol. The van der Waals surface area contributed by atoms with E-state index < -0.39 is 22.2 Å². The van der Waals surface area contributed by atoms with E-state index >= 15 is 0 Å². The Labute approximate surface area is 173 Å². The van der Waals surface area contributed by atoms with Crippen LogP contribution in [0.4, 0.5) is 0 Å². The quantitative estimate of drug-likeness (QED) is 0.621. The highest BCUT2D eigenvalue weighted by Crippen LogP contribution is 2.24. The topological polar surface area (TPSA) is 105 Å². The molecular formula is C21H32N2O5S. The van der Waals surface area contributed by atoms with E-state index in [1.807, 2.05) is 6.92 Å². The van der Waals surface area contributed by atoms with Gasteiger partial charge in [-0.15, -0.1) is 0 Å². The summed E-state index contributed by atoms with van der Waals surface area (Å²) in [4.78, 5) is 12.5. The summed E-state index contributed by atoms with van der Waals surface area (Å²) >= 11 is 0. The number of aryl methyl sites for hydroxylation is 1. The summed E-state index contributed by atoms with van der Waals surface area (Å²) in [5, 5.41) is 12.8. The summed E-state index contributed by atoms with van der Waals surface area (Å²) in [7, 11) is -3.70. The first-order valence-corrected chi connectivity index (χ1v) is 12.0. The Morgan fingerprint density at radius 2 is 1.79 bits per heavy atom. The maximum atomic E-state index is 12.6. The fourth-order valence-corrected chi connectivity index (χ4v) is 5.44. The molecule has 0 aromatic heterocycles. The summed E-state index contributed by atoms with van der Waals surface area (Å²) < 4.78 is 33.8. The Bertz CT molecular complexity index is 775. The van der Waals surface area contributed by atoms with Crippen molar-refractivity contribution >= 4 is 15.9 Å². The fraction of sp³-hybridized carbons (Fsp3) is 0.667. The van der Waals surface area contributed by atoms with Crippen LogP contribution in [0.2, 0.25) is 0 Å². The Balaban J connectivity index is 1.53. The van der Waals surface area contributed by atoms with E-state index in [0.717, 1.165) is 31.2 Å². The molecule has 2 aliphatic rings. The minimum Gasteiger partial charge on any atom is -0.394 e. The molecule has 3 N–H and O–H groups in total. The second-order valence-electron chi connectivity index (χ2n) is 8.20. The summed E-state index contributed by atoms with van der Waals surface area (Å²) in [5.41, 5.74) is 0.979. The maximum Gasteiger partial charge on any atom is 0.240 e. The van der Waals surface area contributed by atoms with Gasteiger partial charge in [0.15, 0.2) is 0 Å².